The number of pyridine rings is 1. The lowest BCUT2D eigenvalue weighted by Gasteiger charge is -2.11. The molecule has 3 aromatic heterocycles. The molecule has 1 N–H and O–H groups in total. The molecule has 1 fully saturated rings. The maximum Gasteiger partial charge on any atom is 0.290 e. The molecular formula is C21H25ClN6O3. The minimum Gasteiger partial charge on any atom is -0.495 e. The van der Waals surface area contributed by atoms with Crippen LogP contribution in [0.4, 0.5) is 5.69 Å². The van der Waals surface area contributed by atoms with Gasteiger partial charge in [0.1, 0.15) is 16.6 Å². The second-order valence-electron chi connectivity index (χ2n) is 7.69. The highest BCUT2D eigenvalue weighted by Gasteiger charge is 2.40. The van der Waals surface area contributed by atoms with Crippen LogP contribution >= 0.6 is 11.6 Å². The van der Waals surface area contributed by atoms with Gasteiger partial charge in [-0.15, -0.1) is 5.10 Å². The Bertz CT molecular complexity index is 1140. The Labute approximate surface area is 185 Å². The van der Waals surface area contributed by atoms with Crippen LogP contribution in [0.5, 0.6) is 11.6 Å². The largest absolute Gasteiger partial charge is 0.495 e. The van der Waals surface area contributed by atoms with Crippen molar-refractivity contribution in [2.75, 3.05) is 19.0 Å². The molecule has 0 spiro atoms. The quantitative estimate of drug-likeness (QED) is 0.570. The number of nitrogens with one attached hydrogen (secondary N) is 1. The molecule has 4 rings (SSSR count). The smallest absolute Gasteiger partial charge is 0.290 e. The van der Waals surface area contributed by atoms with Gasteiger partial charge in [0.05, 0.1) is 25.6 Å². The molecule has 10 heteroatoms. The molecule has 0 aromatic carbocycles. The fourth-order valence-electron chi connectivity index (χ4n) is 3.56. The summed E-state index contributed by atoms with van der Waals surface area (Å²) in [5.41, 5.74) is 2.86. The summed E-state index contributed by atoms with van der Waals surface area (Å²) in [6, 6.07) is 5.54. The van der Waals surface area contributed by atoms with Crippen molar-refractivity contribution in [1.29, 1.82) is 0 Å². The molecule has 3 aromatic rings. The van der Waals surface area contributed by atoms with Gasteiger partial charge in [0.15, 0.2) is 0 Å². The van der Waals surface area contributed by atoms with E-state index >= 15 is 0 Å². The van der Waals surface area contributed by atoms with Gasteiger partial charge in [0.25, 0.3) is 5.56 Å². The van der Waals surface area contributed by atoms with Gasteiger partial charge < -0.3 is 14.8 Å². The summed E-state index contributed by atoms with van der Waals surface area (Å²) < 4.78 is 13.9. The van der Waals surface area contributed by atoms with Crippen molar-refractivity contribution in [2.45, 2.75) is 25.8 Å². The molecule has 1 aliphatic rings. The van der Waals surface area contributed by atoms with Crippen LogP contribution in [0.15, 0.2) is 29.2 Å². The van der Waals surface area contributed by atoms with Gasteiger partial charge in [-0.05, 0) is 25.5 Å². The van der Waals surface area contributed by atoms with Crippen molar-refractivity contribution < 1.29 is 9.47 Å². The molecule has 3 heterocycles. The first-order chi connectivity index (χ1) is 14.9. The minimum absolute atomic E-state index is 0.239. The number of nitrogens with zero attached hydrogens (tertiary/aromatic N) is 5. The van der Waals surface area contributed by atoms with Gasteiger partial charge in [0.2, 0.25) is 5.88 Å². The van der Waals surface area contributed by atoms with E-state index in [4.69, 9.17) is 21.1 Å². The molecule has 9 nitrogen and oxygen atoms in total. The molecule has 2 atom stereocenters. The Morgan fingerprint density at radius 2 is 2.06 bits per heavy atom. The standard InChI is InChI=1S/C21H25ClN6O3/c1-12-16(20(22)27(2)25-12)10-24-18-8-19(26-28(3)21(18)29)31-11-13-7-15(13)17-6-5-14(30-4)9-23-17/h5-6,8-9,13,15,24H,7,10-11H2,1-4H3/t13-,15+/m1/s1. The van der Waals surface area contributed by atoms with E-state index < -0.39 is 0 Å². The van der Waals surface area contributed by atoms with E-state index in [0.717, 1.165) is 29.1 Å². The summed E-state index contributed by atoms with van der Waals surface area (Å²) in [6.45, 7) is 2.77. The summed E-state index contributed by atoms with van der Waals surface area (Å²) in [6.07, 6.45) is 2.74. The zero-order valence-electron chi connectivity index (χ0n) is 17.9. The van der Waals surface area contributed by atoms with Crippen molar-refractivity contribution in [2.24, 2.45) is 20.0 Å². The van der Waals surface area contributed by atoms with Crippen LogP contribution in [0.3, 0.4) is 0 Å². The zero-order valence-corrected chi connectivity index (χ0v) is 18.7. The molecule has 1 saturated carbocycles. The number of halogens is 1. The Morgan fingerprint density at radius 3 is 2.71 bits per heavy atom. The lowest BCUT2D eigenvalue weighted by atomic mass is 10.2. The van der Waals surface area contributed by atoms with E-state index in [1.807, 2.05) is 19.1 Å². The Kier molecular flexibility index (Phi) is 5.86. The topological polar surface area (TPSA) is 96.1 Å². The lowest BCUT2D eigenvalue weighted by Crippen LogP contribution is -2.24. The zero-order chi connectivity index (χ0) is 22.1. The number of ether oxygens (including phenoxy) is 2. The van der Waals surface area contributed by atoms with Crippen molar-refractivity contribution in [3.05, 3.63) is 56.9 Å². The highest BCUT2D eigenvalue weighted by atomic mass is 35.5. The first-order valence-corrected chi connectivity index (χ1v) is 10.4. The van der Waals surface area contributed by atoms with Crippen LogP contribution in [0.1, 0.15) is 29.3 Å². The Balaban J connectivity index is 1.39. The fourth-order valence-corrected chi connectivity index (χ4v) is 3.80. The molecule has 0 unspecified atom stereocenters. The van der Waals surface area contributed by atoms with Gasteiger partial charge in [-0.3, -0.25) is 14.5 Å². The van der Waals surface area contributed by atoms with Gasteiger partial charge in [-0.1, -0.05) is 11.6 Å². The lowest BCUT2D eigenvalue weighted by molar-refractivity contribution is 0.278. The van der Waals surface area contributed by atoms with Crippen molar-refractivity contribution >= 4 is 17.3 Å². The van der Waals surface area contributed by atoms with Crippen LogP contribution < -0.4 is 20.3 Å². The fraction of sp³-hybridized carbons (Fsp3) is 0.429. The van der Waals surface area contributed by atoms with Gasteiger partial charge in [-0.2, -0.15) is 5.10 Å². The van der Waals surface area contributed by atoms with Crippen molar-refractivity contribution in [3.8, 4) is 11.6 Å². The van der Waals surface area contributed by atoms with E-state index in [9.17, 15) is 4.79 Å². The average molecular weight is 445 g/mol. The van der Waals surface area contributed by atoms with Crippen LogP contribution in [-0.2, 0) is 20.6 Å². The Hall–Kier alpha value is -3.07. The molecular weight excluding hydrogens is 420 g/mol. The maximum atomic E-state index is 12.5. The summed E-state index contributed by atoms with van der Waals surface area (Å²) >= 11 is 6.28. The molecule has 164 valence electrons. The molecule has 0 amide bonds. The second kappa shape index (κ2) is 8.58. The third-order valence-corrected chi connectivity index (χ3v) is 5.98. The minimum atomic E-state index is -0.239. The number of hydrogen-bond acceptors (Lipinski definition) is 7. The van der Waals surface area contributed by atoms with Crippen LogP contribution in [0.2, 0.25) is 5.15 Å². The summed E-state index contributed by atoms with van der Waals surface area (Å²) in [7, 11) is 5.01. The predicted octanol–water partition coefficient (Wildman–Crippen LogP) is 2.67. The third-order valence-electron chi connectivity index (χ3n) is 5.51. The number of hydrogen-bond donors (Lipinski definition) is 1. The Morgan fingerprint density at radius 1 is 1.26 bits per heavy atom. The van der Waals surface area contributed by atoms with Crippen LogP contribution in [-0.4, -0.2) is 38.3 Å². The van der Waals surface area contributed by atoms with E-state index in [1.165, 1.54) is 4.68 Å². The predicted molar refractivity (Wildman–Crippen MR) is 117 cm³/mol. The average Bonchev–Trinajstić information content (AvgIpc) is 3.50. The number of rotatable bonds is 8. The van der Waals surface area contributed by atoms with Gasteiger partial charge in [0, 0.05) is 49.8 Å². The number of anilines is 1. The first-order valence-electron chi connectivity index (χ1n) is 10.00. The maximum absolute atomic E-state index is 12.5. The molecule has 0 bridgehead atoms. The SMILES string of the molecule is COc1ccc([C@H]2C[C@@H]2COc2cc(NCc3c(C)nn(C)c3Cl)c(=O)n(C)n2)nc1. The van der Waals surface area contributed by atoms with Gasteiger partial charge in [-0.25, -0.2) is 4.68 Å². The molecule has 0 radical (unpaired) electrons. The van der Waals surface area contributed by atoms with Crippen molar-refractivity contribution in [3.63, 3.8) is 0 Å². The number of aromatic nitrogens is 5. The molecule has 0 saturated heterocycles. The first kappa shape index (κ1) is 21.2. The van der Waals surface area contributed by atoms with E-state index in [2.05, 4.69) is 20.5 Å². The molecule has 31 heavy (non-hydrogen) atoms. The second-order valence-corrected chi connectivity index (χ2v) is 8.05. The van der Waals surface area contributed by atoms with E-state index in [-0.39, 0.29) is 5.56 Å². The van der Waals surface area contributed by atoms with Crippen LogP contribution in [0.25, 0.3) is 0 Å². The molecule has 0 aliphatic heterocycles. The summed E-state index contributed by atoms with van der Waals surface area (Å²) in [5, 5.41) is 12.2. The molecule has 1 aliphatic carbocycles. The number of methoxy groups -OCH3 is 1. The summed E-state index contributed by atoms with van der Waals surface area (Å²) in [4.78, 5) is 16.9. The van der Waals surface area contributed by atoms with E-state index in [1.54, 1.807) is 38.2 Å². The van der Waals surface area contributed by atoms with Crippen molar-refractivity contribution in [1.82, 2.24) is 24.5 Å². The van der Waals surface area contributed by atoms with Gasteiger partial charge >= 0.3 is 0 Å². The highest BCUT2D eigenvalue weighted by molar-refractivity contribution is 6.30. The van der Waals surface area contributed by atoms with E-state index in [0.29, 0.717) is 41.7 Å². The summed E-state index contributed by atoms with van der Waals surface area (Å²) in [5.74, 6) is 1.88. The van der Waals surface area contributed by atoms with Crippen LogP contribution in [0, 0.1) is 12.8 Å². The highest BCUT2D eigenvalue weighted by Crippen LogP contribution is 2.46. The third kappa shape index (κ3) is 4.51. The monoisotopic (exact) mass is 444 g/mol. The normalized spacial score (nSPS) is 17.5. The number of aryl methyl sites for hydroxylation is 3.